The van der Waals surface area contributed by atoms with E-state index in [1.807, 2.05) is 11.3 Å². The summed E-state index contributed by atoms with van der Waals surface area (Å²) >= 11 is 1.90. The van der Waals surface area contributed by atoms with E-state index in [4.69, 9.17) is 5.84 Å². The van der Waals surface area contributed by atoms with Gasteiger partial charge in [-0.1, -0.05) is 24.3 Å². The van der Waals surface area contributed by atoms with Crippen LogP contribution in [0.2, 0.25) is 0 Å². The molecule has 1 heterocycles. The minimum Gasteiger partial charge on any atom is -0.271 e. The van der Waals surface area contributed by atoms with Crippen molar-refractivity contribution >= 4 is 11.3 Å². The van der Waals surface area contributed by atoms with Crippen molar-refractivity contribution in [2.45, 2.75) is 44.6 Å². The van der Waals surface area contributed by atoms with E-state index >= 15 is 0 Å². The number of aryl methyl sites for hydroxylation is 2. The maximum absolute atomic E-state index is 5.88. The summed E-state index contributed by atoms with van der Waals surface area (Å²) in [6.07, 6.45) is 4.77. The average molecular weight is 286 g/mol. The molecule has 0 fully saturated rings. The normalized spacial score (nSPS) is 19.6. The molecule has 0 aliphatic heterocycles. The van der Waals surface area contributed by atoms with Crippen LogP contribution in [-0.4, -0.2) is 6.04 Å². The Bertz CT molecular complexity index is 576. The zero-order valence-corrected chi connectivity index (χ0v) is 12.7. The van der Waals surface area contributed by atoms with Crippen LogP contribution in [0.1, 0.15) is 40.3 Å². The van der Waals surface area contributed by atoms with E-state index in [9.17, 15) is 0 Å². The number of nitrogens with two attached hydrogens (primary N) is 1. The van der Waals surface area contributed by atoms with Crippen LogP contribution in [-0.2, 0) is 12.8 Å². The molecule has 3 heteroatoms. The zero-order valence-electron chi connectivity index (χ0n) is 11.9. The Morgan fingerprint density at radius 2 is 2.20 bits per heavy atom. The Morgan fingerprint density at radius 1 is 1.35 bits per heavy atom. The number of hydrogen-bond acceptors (Lipinski definition) is 3. The molecule has 1 aromatic heterocycles. The van der Waals surface area contributed by atoms with Crippen LogP contribution < -0.4 is 11.3 Å². The van der Waals surface area contributed by atoms with Gasteiger partial charge in [0.1, 0.15) is 0 Å². The molecule has 1 aromatic carbocycles. The molecule has 0 saturated heterocycles. The zero-order chi connectivity index (χ0) is 13.9. The molecular formula is C17H22N2S. The summed E-state index contributed by atoms with van der Waals surface area (Å²) in [4.78, 5) is 1.56. The second kappa shape index (κ2) is 6.08. The van der Waals surface area contributed by atoms with Crippen LogP contribution >= 0.6 is 11.3 Å². The van der Waals surface area contributed by atoms with Crippen LogP contribution in [0.5, 0.6) is 0 Å². The maximum Gasteiger partial charge on any atom is 0.0320 e. The SMILES string of the molecule is Cc1ccccc1CC(NN)C1CCCc2sccc21. The van der Waals surface area contributed by atoms with Crippen molar-refractivity contribution < 1.29 is 0 Å². The van der Waals surface area contributed by atoms with Gasteiger partial charge in [0.05, 0.1) is 0 Å². The molecule has 0 amide bonds. The summed E-state index contributed by atoms with van der Waals surface area (Å²) in [5.41, 5.74) is 7.36. The molecule has 1 aliphatic carbocycles. The Hall–Kier alpha value is -1.16. The van der Waals surface area contributed by atoms with Gasteiger partial charge < -0.3 is 0 Å². The van der Waals surface area contributed by atoms with E-state index in [0.717, 1.165) is 6.42 Å². The lowest BCUT2D eigenvalue weighted by atomic mass is 9.80. The largest absolute Gasteiger partial charge is 0.271 e. The standard InChI is InChI=1S/C17H22N2S/c1-12-5-2-3-6-13(12)11-16(19-18)14-7-4-8-17-15(14)9-10-20-17/h2-3,5-6,9-10,14,16,19H,4,7-8,11,18H2,1H3. The smallest absolute Gasteiger partial charge is 0.0320 e. The molecule has 0 saturated carbocycles. The van der Waals surface area contributed by atoms with Gasteiger partial charge in [-0.05, 0) is 60.7 Å². The number of nitrogens with one attached hydrogen (secondary N) is 1. The highest BCUT2D eigenvalue weighted by Gasteiger charge is 2.28. The molecule has 0 bridgehead atoms. The lowest BCUT2D eigenvalue weighted by molar-refractivity contribution is 0.397. The predicted molar refractivity (Wildman–Crippen MR) is 86.0 cm³/mol. The Kier molecular flexibility index (Phi) is 4.20. The van der Waals surface area contributed by atoms with Crippen LogP contribution in [0.15, 0.2) is 35.7 Å². The first-order valence-electron chi connectivity index (χ1n) is 7.36. The number of hydrogen-bond donors (Lipinski definition) is 2. The van der Waals surface area contributed by atoms with Crippen molar-refractivity contribution in [1.29, 1.82) is 0 Å². The van der Waals surface area contributed by atoms with E-state index in [1.54, 1.807) is 4.88 Å². The van der Waals surface area contributed by atoms with Gasteiger partial charge in [0, 0.05) is 16.8 Å². The number of hydrazine groups is 1. The lowest BCUT2D eigenvalue weighted by Gasteiger charge is -2.30. The van der Waals surface area contributed by atoms with Gasteiger partial charge in [-0.2, -0.15) is 0 Å². The van der Waals surface area contributed by atoms with Crippen molar-refractivity contribution in [3.8, 4) is 0 Å². The third kappa shape index (κ3) is 2.66. The van der Waals surface area contributed by atoms with Crippen LogP contribution in [0.4, 0.5) is 0 Å². The topological polar surface area (TPSA) is 38.0 Å². The predicted octanol–water partition coefficient (Wildman–Crippen LogP) is 3.55. The molecule has 1 aliphatic rings. The third-order valence-corrected chi connectivity index (χ3v) is 5.50. The van der Waals surface area contributed by atoms with Crippen LogP contribution in [0.3, 0.4) is 0 Å². The van der Waals surface area contributed by atoms with Gasteiger partial charge in [-0.3, -0.25) is 11.3 Å². The molecule has 3 N–H and O–H groups in total. The van der Waals surface area contributed by atoms with Crippen molar-refractivity contribution in [3.63, 3.8) is 0 Å². The molecule has 20 heavy (non-hydrogen) atoms. The molecule has 106 valence electrons. The van der Waals surface area contributed by atoms with Gasteiger partial charge in [-0.25, -0.2) is 0 Å². The van der Waals surface area contributed by atoms with E-state index < -0.39 is 0 Å². The highest BCUT2D eigenvalue weighted by Crippen LogP contribution is 2.37. The summed E-state index contributed by atoms with van der Waals surface area (Å²) in [6.45, 7) is 2.18. The summed E-state index contributed by atoms with van der Waals surface area (Å²) < 4.78 is 0. The molecule has 2 atom stereocenters. The number of fused-ring (bicyclic) bond motifs is 1. The van der Waals surface area contributed by atoms with Crippen LogP contribution in [0.25, 0.3) is 0 Å². The first-order valence-corrected chi connectivity index (χ1v) is 8.24. The van der Waals surface area contributed by atoms with Crippen molar-refractivity contribution in [1.82, 2.24) is 5.43 Å². The molecule has 0 spiro atoms. The first kappa shape index (κ1) is 13.8. The van der Waals surface area contributed by atoms with Crippen molar-refractivity contribution in [2.24, 2.45) is 5.84 Å². The first-order chi connectivity index (χ1) is 9.79. The van der Waals surface area contributed by atoms with Gasteiger partial charge in [0.15, 0.2) is 0 Å². The highest BCUT2D eigenvalue weighted by molar-refractivity contribution is 7.10. The third-order valence-electron chi connectivity index (χ3n) is 4.50. The number of rotatable bonds is 4. The second-order valence-electron chi connectivity index (χ2n) is 5.70. The molecule has 0 radical (unpaired) electrons. The highest BCUT2D eigenvalue weighted by atomic mass is 32.1. The van der Waals surface area contributed by atoms with E-state index in [-0.39, 0.29) is 0 Å². The Labute approximate surface area is 125 Å². The fourth-order valence-corrected chi connectivity index (χ4v) is 4.33. The molecule has 2 aromatic rings. The monoisotopic (exact) mass is 286 g/mol. The number of thiophene rings is 1. The molecule has 3 rings (SSSR count). The second-order valence-corrected chi connectivity index (χ2v) is 6.70. The molecule has 2 nitrogen and oxygen atoms in total. The van der Waals surface area contributed by atoms with E-state index in [1.165, 1.54) is 36.0 Å². The van der Waals surface area contributed by atoms with Gasteiger partial charge in [0.2, 0.25) is 0 Å². The van der Waals surface area contributed by atoms with Gasteiger partial charge in [-0.15, -0.1) is 11.3 Å². The minimum atomic E-state index is 0.324. The summed E-state index contributed by atoms with van der Waals surface area (Å²) in [7, 11) is 0. The summed E-state index contributed by atoms with van der Waals surface area (Å²) in [5.74, 6) is 6.43. The van der Waals surface area contributed by atoms with Gasteiger partial charge in [0.25, 0.3) is 0 Å². The van der Waals surface area contributed by atoms with E-state index in [0.29, 0.717) is 12.0 Å². The minimum absolute atomic E-state index is 0.324. The fraction of sp³-hybridized carbons (Fsp3) is 0.412. The Balaban J connectivity index is 1.83. The summed E-state index contributed by atoms with van der Waals surface area (Å²) in [6, 6.07) is 11.2. The molecule has 2 unspecified atom stereocenters. The Morgan fingerprint density at radius 3 is 3.00 bits per heavy atom. The molecular weight excluding hydrogens is 264 g/mol. The van der Waals surface area contributed by atoms with Gasteiger partial charge >= 0.3 is 0 Å². The number of benzene rings is 1. The van der Waals surface area contributed by atoms with Crippen molar-refractivity contribution in [3.05, 3.63) is 57.3 Å². The van der Waals surface area contributed by atoms with Crippen molar-refractivity contribution in [2.75, 3.05) is 0 Å². The lowest BCUT2D eigenvalue weighted by Crippen LogP contribution is -2.42. The van der Waals surface area contributed by atoms with E-state index in [2.05, 4.69) is 48.1 Å². The average Bonchev–Trinajstić information content (AvgIpc) is 2.95. The fourth-order valence-electron chi connectivity index (χ4n) is 3.33. The maximum atomic E-state index is 5.88. The van der Waals surface area contributed by atoms with Crippen LogP contribution in [0, 0.1) is 6.92 Å². The quantitative estimate of drug-likeness (QED) is 0.666. The summed E-state index contributed by atoms with van der Waals surface area (Å²) in [5, 5.41) is 2.23.